The van der Waals surface area contributed by atoms with E-state index in [0.29, 0.717) is 5.57 Å². The Hall–Kier alpha value is -1.33. The van der Waals surface area contributed by atoms with Gasteiger partial charge in [-0.1, -0.05) is 6.58 Å². The van der Waals surface area contributed by atoms with Gasteiger partial charge in [0, 0.05) is 27.1 Å². The summed E-state index contributed by atoms with van der Waals surface area (Å²) in [7, 11) is 0. The number of aldehydes is 1. The summed E-state index contributed by atoms with van der Waals surface area (Å²) in [4.78, 5) is 29.0. The minimum Gasteiger partial charge on any atom is -0.353 e. The Bertz CT molecular complexity index is 253. The number of rotatable bonds is 6. The van der Waals surface area contributed by atoms with Crippen molar-refractivity contribution in [2.24, 2.45) is 0 Å². The summed E-state index contributed by atoms with van der Waals surface area (Å²) < 4.78 is 10.1. The number of ketones is 2. The lowest BCUT2D eigenvalue weighted by Crippen LogP contribution is -2.11. The molecule has 0 N–H and O–H groups in total. The standard InChI is InChI=1S/C6H14O2.C4H6O2.C4H6O/c1-4-7-6(3)8-5-2;1-3(5)4(2)6;1-4(2)3-5/h6H,4-5H2,1-3H3;1-2H3;3H,1H2,2H3. The lowest BCUT2D eigenvalue weighted by Gasteiger charge is -2.09. The van der Waals surface area contributed by atoms with Gasteiger partial charge in [-0.25, -0.2) is 0 Å². The average molecular weight is 274 g/mol. The second-order valence-corrected chi connectivity index (χ2v) is 3.55. The summed E-state index contributed by atoms with van der Waals surface area (Å²) in [5, 5.41) is 0. The van der Waals surface area contributed by atoms with Crippen LogP contribution >= 0.6 is 0 Å². The first-order valence-corrected chi connectivity index (χ1v) is 6.08. The van der Waals surface area contributed by atoms with Gasteiger partial charge >= 0.3 is 0 Å². The lowest BCUT2D eigenvalue weighted by molar-refractivity contribution is -0.134. The zero-order valence-electron chi connectivity index (χ0n) is 12.8. The third kappa shape index (κ3) is 31.5. The van der Waals surface area contributed by atoms with Crippen LogP contribution in [0.5, 0.6) is 0 Å². The van der Waals surface area contributed by atoms with Crippen molar-refractivity contribution < 1.29 is 23.9 Å². The monoisotopic (exact) mass is 274 g/mol. The van der Waals surface area contributed by atoms with E-state index in [1.807, 2.05) is 20.8 Å². The fraction of sp³-hybridized carbons (Fsp3) is 0.643. The first kappa shape index (κ1) is 22.8. The molecule has 0 aliphatic heterocycles. The predicted molar refractivity (Wildman–Crippen MR) is 75.0 cm³/mol. The molecule has 0 saturated heterocycles. The number of allylic oxidation sites excluding steroid dienone is 1. The van der Waals surface area contributed by atoms with Gasteiger partial charge in [-0.2, -0.15) is 0 Å². The highest BCUT2D eigenvalue weighted by Gasteiger charge is 1.95. The first-order valence-electron chi connectivity index (χ1n) is 6.08. The Morgan fingerprint density at radius 3 is 1.42 bits per heavy atom. The van der Waals surface area contributed by atoms with Crippen LogP contribution in [0.2, 0.25) is 0 Å². The second kappa shape index (κ2) is 16.7. The topological polar surface area (TPSA) is 69.7 Å². The Kier molecular flexibility index (Phi) is 20.0. The van der Waals surface area contributed by atoms with Crippen LogP contribution in [0.15, 0.2) is 12.2 Å². The predicted octanol–water partition coefficient (Wildman–Crippen LogP) is 2.33. The van der Waals surface area contributed by atoms with Gasteiger partial charge in [-0.3, -0.25) is 14.4 Å². The van der Waals surface area contributed by atoms with E-state index in [9.17, 15) is 14.4 Å². The van der Waals surface area contributed by atoms with Crippen LogP contribution in [0.3, 0.4) is 0 Å². The van der Waals surface area contributed by atoms with E-state index in [4.69, 9.17) is 9.47 Å². The first-order chi connectivity index (χ1) is 8.72. The van der Waals surface area contributed by atoms with Gasteiger partial charge in [0.05, 0.1) is 0 Å². The quantitative estimate of drug-likeness (QED) is 0.322. The van der Waals surface area contributed by atoms with Crippen molar-refractivity contribution in [3.05, 3.63) is 12.2 Å². The fourth-order valence-electron chi connectivity index (χ4n) is 0.518. The minimum atomic E-state index is -0.380. The third-order valence-electron chi connectivity index (χ3n) is 1.50. The highest BCUT2D eigenvalue weighted by atomic mass is 16.7. The molecule has 0 aromatic carbocycles. The van der Waals surface area contributed by atoms with E-state index in [-0.39, 0.29) is 17.9 Å². The molecule has 0 aliphatic carbocycles. The number of hydrogen-bond donors (Lipinski definition) is 0. The van der Waals surface area contributed by atoms with Crippen LogP contribution in [0.4, 0.5) is 0 Å². The van der Waals surface area contributed by atoms with Gasteiger partial charge in [-0.05, 0) is 33.3 Å². The maximum absolute atomic E-state index is 9.79. The van der Waals surface area contributed by atoms with Crippen LogP contribution in [0.25, 0.3) is 0 Å². The summed E-state index contributed by atoms with van der Waals surface area (Å²) in [6.45, 7) is 14.7. The number of carbonyl (C=O) groups excluding carboxylic acids is 3. The van der Waals surface area contributed by atoms with Crippen LogP contribution < -0.4 is 0 Å². The van der Waals surface area contributed by atoms with Crippen molar-refractivity contribution in [1.29, 1.82) is 0 Å². The summed E-state index contributed by atoms with van der Waals surface area (Å²) in [6.07, 6.45) is 0.685. The number of ether oxygens (including phenoxy) is 2. The van der Waals surface area contributed by atoms with Crippen LogP contribution in [0.1, 0.15) is 41.5 Å². The van der Waals surface area contributed by atoms with Crippen LogP contribution in [-0.4, -0.2) is 37.4 Å². The molecule has 0 spiro atoms. The molecule has 0 unspecified atom stereocenters. The normalized spacial score (nSPS) is 8.58. The van der Waals surface area contributed by atoms with Crippen molar-refractivity contribution in [2.45, 2.75) is 47.8 Å². The molecule has 0 heterocycles. The molecule has 0 saturated carbocycles. The summed E-state index contributed by atoms with van der Waals surface area (Å²) in [5.41, 5.74) is 0.574. The largest absolute Gasteiger partial charge is 0.353 e. The molecule has 5 nitrogen and oxygen atoms in total. The highest BCUT2D eigenvalue weighted by molar-refractivity contribution is 6.35. The molecule has 0 rings (SSSR count). The van der Waals surface area contributed by atoms with E-state index in [1.165, 1.54) is 13.8 Å². The van der Waals surface area contributed by atoms with Crippen molar-refractivity contribution in [3.63, 3.8) is 0 Å². The molecule has 0 aromatic heterocycles. The van der Waals surface area contributed by atoms with Gasteiger partial charge in [0.1, 0.15) is 6.29 Å². The number of hydrogen-bond acceptors (Lipinski definition) is 5. The average Bonchev–Trinajstić information content (AvgIpc) is 2.31. The molecule has 112 valence electrons. The summed E-state index contributed by atoms with van der Waals surface area (Å²) in [6, 6.07) is 0. The van der Waals surface area contributed by atoms with Crippen molar-refractivity contribution >= 4 is 17.9 Å². The zero-order valence-corrected chi connectivity index (χ0v) is 12.8. The van der Waals surface area contributed by atoms with E-state index in [2.05, 4.69) is 6.58 Å². The Labute approximate surface area is 116 Å². The van der Waals surface area contributed by atoms with Gasteiger partial charge < -0.3 is 9.47 Å². The summed E-state index contributed by atoms with van der Waals surface area (Å²) in [5.74, 6) is -0.759. The van der Waals surface area contributed by atoms with E-state index in [0.717, 1.165) is 19.5 Å². The van der Waals surface area contributed by atoms with Crippen molar-refractivity contribution in [2.75, 3.05) is 13.2 Å². The molecule has 19 heavy (non-hydrogen) atoms. The molecule has 0 aromatic rings. The van der Waals surface area contributed by atoms with Gasteiger partial charge in [-0.15, -0.1) is 0 Å². The van der Waals surface area contributed by atoms with E-state index in [1.54, 1.807) is 6.92 Å². The number of Topliss-reactive ketones (excluding diaryl/α,β-unsaturated/α-hetero) is 2. The molecule has 0 amide bonds. The highest BCUT2D eigenvalue weighted by Crippen LogP contribution is 1.90. The molecular weight excluding hydrogens is 248 g/mol. The van der Waals surface area contributed by atoms with E-state index < -0.39 is 0 Å². The maximum atomic E-state index is 9.79. The molecular formula is C14H26O5. The molecule has 5 heteroatoms. The minimum absolute atomic E-state index is 0.0370. The third-order valence-corrected chi connectivity index (χ3v) is 1.50. The Morgan fingerprint density at radius 2 is 1.32 bits per heavy atom. The van der Waals surface area contributed by atoms with Gasteiger partial charge in [0.15, 0.2) is 17.9 Å². The van der Waals surface area contributed by atoms with Crippen LogP contribution in [-0.2, 0) is 23.9 Å². The molecule has 0 aliphatic rings. The van der Waals surface area contributed by atoms with Gasteiger partial charge in [0.25, 0.3) is 0 Å². The lowest BCUT2D eigenvalue weighted by atomic mass is 10.3. The fourth-order valence-corrected chi connectivity index (χ4v) is 0.518. The molecule has 0 bridgehead atoms. The smallest absolute Gasteiger partial charge is 0.195 e. The zero-order chi connectivity index (χ0) is 15.8. The Morgan fingerprint density at radius 1 is 1.05 bits per heavy atom. The van der Waals surface area contributed by atoms with Gasteiger partial charge in [0.2, 0.25) is 0 Å². The van der Waals surface area contributed by atoms with E-state index >= 15 is 0 Å². The molecule has 0 atom stereocenters. The van der Waals surface area contributed by atoms with Crippen molar-refractivity contribution in [3.8, 4) is 0 Å². The number of carbonyl (C=O) groups is 3. The van der Waals surface area contributed by atoms with Crippen molar-refractivity contribution in [1.82, 2.24) is 0 Å². The Balaban J connectivity index is -0.000000209. The molecule has 0 radical (unpaired) electrons. The summed E-state index contributed by atoms with van der Waals surface area (Å²) >= 11 is 0. The SMILES string of the molecule is C=C(C)C=O.CC(=O)C(C)=O.CCOC(C)OCC. The maximum Gasteiger partial charge on any atom is 0.195 e. The van der Waals surface area contributed by atoms with Crippen LogP contribution in [0, 0.1) is 0 Å². The molecule has 0 fully saturated rings. The second-order valence-electron chi connectivity index (χ2n) is 3.55.